The molecule has 106 valence electrons. The number of methoxy groups -OCH3 is 1. The van der Waals surface area contributed by atoms with Gasteiger partial charge in [-0.15, -0.1) is 5.10 Å². The number of ether oxygens (including phenoxy) is 1. The normalized spacial score (nSPS) is 11.4. The number of carbonyl (C=O) groups is 1. The van der Waals surface area contributed by atoms with Crippen molar-refractivity contribution in [3.05, 3.63) is 23.7 Å². The van der Waals surface area contributed by atoms with Crippen molar-refractivity contribution in [1.82, 2.24) is 25.0 Å². The molecule has 0 aliphatic carbocycles. The van der Waals surface area contributed by atoms with E-state index in [0.717, 1.165) is 11.8 Å². The summed E-state index contributed by atoms with van der Waals surface area (Å²) in [7, 11) is 2.60. The van der Waals surface area contributed by atoms with E-state index in [1.165, 1.54) is 7.05 Å². The van der Waals surface area contributed by atoms with Gasteiger partial charge in [-0.2, -0.15) is 13.2 Å². The van der Waals surface area contributed by atoms with Crippen molar-refractivity contribution in [2.45, 2.75) is 6.18 Å². The molecule has 0 aliphatic rings. The predicted molar refractivity (Wildman–Crippen MR) is 58.4 cm³/mol. The molecule has 0 atom stereocenters. The van der Waals surface area contributed by atoms with Gasteiger partial charge in [-0.05, 0) is 0 Å². The molecule has 0 saturated heterocycles. The van der Waals surface area contributed by atoms with E-state index in [1.54, 1.807) is 0 Å². The zero-order valence-corrected chi connectivity index (χ0v) is 10.3. The molecule has 2 heterocycles. The van der Waals surface area contributed by atoms with Crippen LogP contribution < -0.4 is 0 Å². The molecule has 0 bridgehead atoms. The highest BCUT2D eigenvalue weighted by Crippen LogP contribution is 2.28. The Morgan fingerprint density at radius 3 is 2.40 bits per heavy atom. The monoisotopic (exact) mass is 287 g/mol. The van der Waals surface area contributed by atoms with Crippen LogP contribution in [0.2, 0.25) is 0 Å². The molecule has 0 unspecified atom stereocenters. The van der Waals surface area contributed by atoms with Crippen molar-refractivity contribution in [2.24, 2.45) is 7.05 Å². The summed E-state index contributed by atoms with van der Waals surface area (Å²) in [5, 5.41) is 7.25. The lowest BCUT2D eigenvalue weighted by Gasteiger charge is -2.05. The van der Waals surface area contributed by atoms with Crippen LogP contribution in [0.25, 0.3) is 11.5 Å². The van der Waals surface area contributed by atoms with Crippen LogP contribution in [0.15, 0.2) is 12.4 Å². The van der Waals surface area contributed by atoms with Crippen LogP contribution in [0.3, 0.4) is 0 Å². The summed E-state index contributed by atoms with van der Waals surface area (Å²) in [5.74, 6) is -0.887. The van der Waals surface area contributed by atoms with Gasteiger partial charge in [0.2, 0.25) is 0 Å². The summed E-state index contributed by atoms with van der Waals surface area (Å²) in [6, 6.07) is 0. The van der Waals surface area contributed by atoms with Gasteiger partial charge >= 0.3 is 12.1 Å². The largest absolute Gasteiger partial charge is 0.464 e. The van der Waals surface area contributed by atoms with E-state index in [1.807, 2.05) is 0 Å². The number of rotatable bonds is 2. The minimum Gasteiger partial charge on any atom is -0.464 e. The highest BCUT2D eigenvalue weighted by atomic mass is 19.4. The second-order valence-corrected chi connectivity index (χ2v) is 3.69. The standard InChI is InChI=1S/C10H8F3N5O2/c1-18-7(9(19)20-2)6(16-17-18)8-14-3-5(4-15-8)10(11,12)13/h3-4H,1-2H3. The molecular weight excluding hydrogens is 279 g/mol. The van der Waals surface area contributed by atoms with Crippen molar-refractivity contribution in [2.75, 3.05) is 7.11 Å². The number of nitrogens with zero attached hydrogens (tertiary/aromatic N) is 5. The second kappa shape index (κ2) is 4.87. The van der Waals surface area contributed by atoms with E-state index in [9.17, 15) is 18.0 Å². The second-order valence-electron chi connectivity index (χ2n) is 3.69. The third-order valence-electron chi connectivity index (χ3n) is 2.40. The maximum Gasteiger partial charge on any atom is 0.419 e. The summed E-state index contributed by atoms with van der Waals surface area (Å²) in [4.78, 5) is 18.7. The van der Waals surface area contributed by atoms with Gasteiger partial charge in [0.05, 0.1) is 12.7 Å². The van der Waals surface area contributed by atoms with Crippen molar-refractivity contribution in [1.29, 1.82) is 0 Å². The first-order valence-corrected chi connectivity index (χ1v) is 5.22. The van der Waals surface area contributed by atoms with Crippen molar-refractivity contribution in [3.8, 4) is 11.5 Å². The van der Waals surface area contributed by atoms with Crippen molar-refractivity contribution < 1.29 is 22.7 Å². The van der Waals surface area contributed by atoms with Gasteiger partial charge in [-0.1, -0.05) is 5.21 Å². The maximum atomic E-state index is 12.4. The first-order valence-electron chi connectivity index (χ1n) is 5.22. The quantitative estimate of drug-likeness (QED) is 0.768. The van der Waals surface area contributed by atoms with Gasteiger partial charge in [0.25, 0.3) is 0 Å². The minimum atomic E-state index is -4.54. The summed E-state index contributed by atoms with van der Waals surface area (Å²) in [6.07, 6.45) is -3.32. The van der Waals surface area contributed by atoms with E-state index < -0.39 is 17.7 Å². The molecule has 0 spiro atoms. The fraction of sp³-hybridized carbons (Fsp3) is 0.300. The molecule has 0 radical (unpaired) electrons. The Labute approximate surface area is 110 Å². The zero-order chi connectivity index (χ0) is 14.9. The Bertz CT molecular complexity index is 635. The molecule has 0 amide bonds. The number of esters is 1. The Morgan fingerprint density at radius 2 is 1.90 bits per heavy atom. The highest BCUT2D eigenvalue weighted by Gasteiger charge is 2.32. The molecule has 0 fully saturated rings. The number of aromatic nitrogens is 5. The third kappa shape index (κ3) is 2.44. The van der Waals surface area contributed by atoms with Crippen LogP contribution >= 0.6 is 0 Å². The van der Waals surface area contributed by atoms with Gasteiger partial charge < -0.3 is 4.74 Å². The van der Waals surface area contributed by atoms with Crippen molar-refractivity contribution in [3.63, 3.8) is 0 Å². The van der Waals surface area contributed by atoms with E-state index in [-0.39, 0.29) is 17.2 Å². The van der Waals surface area contributed by atoms with Crippen LogP contribution in [0.1, 0.15) is 16.1 Å². The van der Waals surface area contributed by atoms with Gasteiger partial charge in [-0.3, -0.25) is 0 Å². The molecule has 0 saturated carbocycles. The number of carbonyl (C=O) groups excluding carboxylic acids is 1. The van der Waals surface area contributed by atoms with E-state index in [2.05, 4.69) is 25.0 Å². The SMILES string of the molecule is COC(=O)c1c(-c2ncc(C(F)(F)F)cn2)nnn1C. The van der Waals surface area contributed by atoms with Gasteiger partial charge in [0, 0.05) is 19.4 Å². The molecule has 2 aromatic heterocycles. The summed E-state index contributed by atoms with van der Waals surface area (Å²) >= 11 is 0. The highest BCUT2D eigenvalue weighted by molar-refractivity contribution is 5.93. The van der Waals surface area contributed by atoms with Crippen molar-refractivity contribution >= 4 is 5.97 Å². The Morgan fingerprint density at radius 1 is 1.30 bits per heavy atom. The number of hydrogen-bond acceptors (Lipinski definition) is 6. The minimum absolute atomic E-state index is 0.0481. The van der Waals surface area contributed by atoms with Crippen LogP contribution in [-0.2, 0) is 18.0 Å². The van der Waals surface area contributed by atoms with Crippen LogP contribution in [0.5, 0.6) is 0 Å². The lowest BCUT2D eigenvalue weighted by atomic mass is 10.3. The Kier molecular flexibility index (Phi) is 3.38. The number of aryl methyl sites for hydroxylation is 1. The summed E-state index contributed by atoms with van der Waals surface area (Å²) in [5.41, 5.74) is -1.09. The molecule has 7 nitrogen and oxygen atoms in total. The molecular formula is C10H8F3N5O2. The Hall–Kier alpha value is -2.52. The maximum absolute atomic E-state index is 12.4. The molecule has 0 aliphatic heterocycles. The molecule has 0 aromatic carbocycles. The fourth-order valence-electron chi connectivity index (χ4n) is 1.43. The van der Waals surface area contributed by atoms with E-state index in [4.69, 9.17) is 0 Å². The molecule has 0 N–H and O–H groups in total. The summed E-state index contributed by atoms with van der Waals surface area (Å²) in [6.45, 7) is 0. The average Bonchev–Trinajstić information content (AvgIpc) is 2.79. The number of alkyl halides is 3. The third-order valence-corrected chi connectivity index (χ3v) is 2.40. The zero-order valence-electron chi connectivity index (χ0n) is 10.3. The number of halogens is 3. The smallest absolute Gasteiger partial charge is 0.419 e. The first-order chi connectivity index (χ1) is 9.34. The van der Waals surface area contributed by atoms with Crippen LogP contribution in [0.4, 0.5) is 13.2 Å². The Balaban J connectivity index is 2.45. The van der Waals surface area contributed by atoms with E-state index >= 15 is 0 Å². The van der Waals surface area contributed by atoms with Gasteiger partial charge in [0.1, 0.15) is 0 Å². The molecule has 2 rings (SSSR count). The van der Waals surface area contributed by atoms with Crippen LogP contribution in [-0.4, -0.2) is 38.0 Å². The molecule has 2 aromatic rings. The predicted octanol–water partition coefficient (Wildman–Crippen LogP) is 1.08. The lowest BCUT2D eigenvalue weighted by molar-refractivity contribution is -0.138. The summed E-state index contributed by atoms with van der Waals surface area (Å²) < 4.78 is 42.9. The van der Waals surface area contributed by atoms with Gasteiger partial charge in [-0.25, -0.2) is 19.4 Å². The van der Waals surface area contributed by atoms with E-state index in [0.29, 0.717) is 12.4 Å². The first kappa shape index (κ1) is 13.9. The lowest BCUT2D eigenvalue weighted by Crippen LogP contribution is -2.11. The topological polar surface area (TPSA) is 82.8 Å². The number of hydrogen-bond donors (Lipinski definition) is 0. The molecule has 10 heteroatoms. The molecule has 20 heavy (non-hydrogen) atoms. The average molecular weight is 287 g/mol. The van der Waals surface area contributed by atoms with Crippen LogP contribution in [0, 0.1) is 0 Å². The fourth-order valence-corrected chi connectivity index (χ4v) is 1.43. The van der Waals surface area contributed by atoms with Gasteiger partial charge in [0.15, 0.2) is 17.2 Å².